The third-order valence-electron chi connectivity index (χ3n) is 4.85. The number of aliphatic imine (C=N–C) groups is 1. The number of hydrogen-bond acceptors (Lipinski definition) is 6. The van der Waals surface area contributed by atoms with Crippen molar-refractivity contribution in [3.8, 4) is 0 Å². The van der Waals surface area contributed by atoms with E-state index >= 15 is 8.78 Å². The summed E-state index contributed by atoms with van der Waals surface area (Å²) in [5, 5.41) is 0.262. The van der Waals surface area contributed by atoms with Crippen molar-refractivity contribution in [2.45, 2.75) is 44.3 Å². The summed E-state index contributed by atoms with van der Waals surface area (Å²) in [5.41, 5.74) is 1.13. The van der Waals surface area contributed by atoms with Crippen LogP contribution in [0.15, 0.2) is 35.6 Å². The molecule has 0 saturated carbocycles. The Bertz CT molecular complexity index is 995. The Labute approximate surface area is 170 Å². The molecular formula is C19H18ClF3N4O2. The summed E-state index contributed by atoms with van der Waals surface area (Å²) >= 11 is 5.70. The van der Waals surface area contributed by atoms with Gasteiger partial charge in [-0.15, -0.1) is 0 Å². The topological polar surface area (TPSA) is 90.5 Å². The minimum Gasteiger partial charge on any atom is -0.453 e. The second-order valence-electron chi connectivity index (χ2n) is 7.35. The molecule has 1 aromatic carbocycles. The molecule has 0 saturated heterocycles. The fraction of sp³-hybridized carbons (Fsp3) is 0.368. The molecule has 29 heavy (non-hydrogen) atoms. The molecule has 2 N–H and O–H groups in total. The van der Waals surface area contributed by atoms with Gasteiger partial charge in [-0.05, 0) is 38.5 Å². The third-order valence-corrected chi connectivity index (χ3v) is 5.05. The van der Waals surface area contributed by atoms with Crippen LogP contribution in [0.2, 0.25) is 5.02 Å². The average molecular weight is 427 g/mol. The molecule has 0 amide bonds. The predicted octanol–water partition coefficient (Wildman–Crippen LogP) is 3.67. The highest BCUT2D eigenvalue weighted by molar-refractivity contribution is 6.30. The maximum Gasteiger partial charge on any atom is 0.315 e. The summed E-state index contributed by atoms with van der Waals surface area (Å²) in [7, 11) is 0. The SMILES string of the molecule is CC1(C)OC(N)=N[C@](C)(c2cc(CC(=O)c3ncc(Cl)cn3)ccc2F)C1(F)F. The standard InChI is InChI=1S/C19H18ClF3N4O2/c1-17(2)19(22,23)18(3,27-16(24)29-17)12-6-10(4-5-13(12)21)7-14(28)15-25-8-11(20)9-26-15/h4-6,8-9H,7H2,1-3H3,(H2,24,27)/t18-/m1/s1. The zero-order valence-corrected chi connectivity index (χ0v) is 16.6. The monoisotopic (exact) mass is 426 g/mol. The number of Topliss-reactive ketones (excluding diaryl/α,β-unsaturated/α-hetero) is 1. The highest BCUT2D eigenvalue weighted by Gasteiger charge is 2.66. The number of amidine groups is 1. The Balaban J connectivity index is 2.02. The summed E-state index contributed by atoms with van der Waals surface area (Å²) < 4.78 is 50.0. The lowest BCUT2D eigenvalue weighted by atomic mass is 9.76. The van der Waals surface area contributed by atoms with E-state index in [2.05, 4.69) is 15.0 Å². The summed E-state index contributed by atoms with van der Waals surface area (Å²) in [6.45, 7) is 3.38. The number of carbonyl (C=O) groups excluding carboxylic acids is 1. The summed E-state index contributed by atoms with van der Waals surface area (Å²) in [5.74, 6) is -5.08. The van der Waals surface area contributed by atoms with Crippen molar-refractivity contribution in [3.63, 3.8) is 0 Å². The molecule has 0 bridgehead atoms. The number of ketones is 1. The van der Waals surface area contributed by atoms with Crippen molar-refractivity contribution >= 4 is 23.4 Å². The highest BCUT2D eigenvalue weighted by atomic mass is 35.5. The summed E-state index contributed by atoms with van der Waals surface area (Å²) in [4.78, 5) is 23.8. The molecule has 1 aromatic heterocycles. The number of alkyl halides is 2. The first kappa shape index (κ1) is 21.0. The lowest BCUT2D eigenvalue weighted by Crippen LogP contribution is -2.62. The Hall–Kier alpha value is -2.68. The lowest BCUT2D eigenvalue weighted by Gasteiger charge is -2.46. The Morgan fingerprint density at radius 2 is 1.83 bits per heavy atom. The number of benzene rings is 1. The quantitative estimate of drug-likeness (QED) is 0.753. The van der Waals surface area contributed by atoms with Crippen LogP contribution in [0.4, 0.5) is 13.2 Å². The van der Waals surface area contributed by atoms with Crippen LogP contribution >= 0.6 is 11.6 Å². The van der Waals surface area contributed by atoms with Crippen LogP contribution in [0.25, 0.3) is 0 Å². The normalized spacial score (nSPS) is 22.5. The van der Waals surface area contributed by atoms with Gasteiger partial charge in [-0.3, -0.25) is 4.79 Å². The maximum absolute atomic E-state index is 15.2. The zero-order chi connectivity index (χ0) is 21.6. The summed E-state index contributed by atoms with van der Waals surface area (Å²) in [6, 6.07) is 3.04. The van der Waals surface area contributed by atoms with Gasteiger partial charge in [0.1, 0.15) is 5.82 Å². The van der Waals surface area contributed by atoms with Crippen molar-refractivity contribution in [3.05, 3.63) is 58.4 Å². The number of halogens is 4. The average Bonchev–Trinajstić information content (AvgIpc) is 2.61. The number of nitrogens with two attached hydrogens (primary N) is 1. The second-order valence-corrected chi connectivity index (χ2v) is 7.78. The molecule has 0 spiro atoms. The molecule has 6 nitrogen and oxygen atoms in total. The smallest absolute Gasteiger partial charge is 0.315 e. The van der Waals surface area contributed by atoms with Gasteiger partial charge in [-0.1, -0.05) is 17.7 Å². The number of hydrogen-bond donors (Lipinski definition) is 1. The molecule has 0 unspecified atom stereocenters. The minimum atomic E-state index is -3.61. The predicted molar refractivity (Wildman–Crippen MR) is 101 cm³/mol. The lowest BCUT2D eigenvalue weighted by molar-refractivity contribution is -0.207. The zero-order valence-electron chi connectivity index (χ0n) is 15.8. The van der Waals surface area contributed by atoms with E-state index < -0.39 is 40.2 Å². The van der Waals surface area contributed by atoms with Crippen molar-refractivity contribution < 1.29 is 22.7 Å². The van der Waals surface area contributed by atoms with E-state index in [4.69, 9.17) is 22.1 Å². The molecule has 2 heterocycles. The van der Waals surface area contributed by atoms with Gasteiger partial charge < -0.3 is 10.5 Å². The van der Waals surface area contributed by atoms with Crippen LogP contribution in [-0.4, -0.2) is 33.3 Å². The van der Waals surface area contributed by atoms with Crippen molar-refractivity contribution in [1.29, 1.82) is 0 Å². The van der Waals surface area contributed by atoms with Crippen molar-refractivity contribution in [2.75, 3.05) is 0 Å². The molecule has 0 radical (unpaired) electrons. The summed E-state index contributed by atoms with van der Waals surface area (Å²) in [6.07, 6.45) is 2.30. The van der Waals surface area contributed by atoms with E-state index in [0.717, 1.165) is 26.8 Å². The number of carbonyl (C=O) groups is 1. The second kappa shape index (κ2) is 6.98. The van der Waals surface area contributed by atoms with Gasteiger partial charge in [0, 0.05) is 24.4 Å². The van der Waals surface area contributed by atoms with Crippen molar-refractivity contribution in [2.24, 2.45) is 10.7 Å². The maximum atomic E-state index is 15.2. The molecule has 1 aliphatic heterocycles. The molecule has 2 aromatic rings. The Morgan fingerprint density at radius 3 is 2.45 bits per heavy atom. The van der Waals surface area contributed by atoms with E-state index in [1.54, 1.807) is 0 Å². The van der Waals surface area contributed by atoms with Gasteiger partial charge in [-0.25, -0.2) is 19.4 Å². The number of nitrogens with zero attached hydrogens (tertiary/aromatic N) is 3. The third kappa shape index (κ3) is 3.55. The van der Waals surface area contributed by atoms with E-state index in [1.807, 2.05) is 0 Å². The van der Waals surface area contributed by atoms with Crippen LogP contribution in [-0.2, 0) is 16.7 Å². The number of ether oxygens (including phenoxy) is 1. The first-order valence-corrected chi connectivity index (χ1v) is 8.97. The highest BCUT2D eigenvalue weighted by Crippen LogP contribution is 2.51. The van der Waals surface area contributed by atoms with Crippen LogP contribution < -0.4 is 5.73 Å². The molecule has 3 rings (SSSR count). The Kier molecular flexibility index (Phi) is 5.06. The molecule has 1 atom stereocenters. The van der Waals surface area contributed by atoms with Crippen LogP contribution in [0.1, 0.15) is 42.5 Å². The van der Waals surface area contributed by atoms with E-state index in [9.17, 15) is 9.18 Å². The van der Waals surface area contributed by atoms with Gasteiger partial charge in [0.25, 0.3) is 6.02 Å². The van der Waals surface area contributed by atoms with E-state index in [-0.39, 0.29) is 17.3 Å². The largest absolute Gasteiger partial charge is 0.453 e. The number of rotatable bonds is 4. The van der Waals surface area contributed by atoms with E-state index in [0.29, 0.717) is 5.56 Å². The number of aromatic nitrogens is 2. The van der Waals surface area contributed by atoms with Gasteiger partial charge in [0.05, 0.1) is 5.02 Å². The molecular weight excluding hydrogens is 409 g/mol. The van der Waals surface area contributed by atoms with Gasteiger partial charge in [-0.2, -0.15) is 8.78 Å². The van der Waals surface area contributed by atoms with Crippen LogP contribution in [0, 0.1) is 5.82 Å². The van der Waals surface area contributed by atoms with Gasteiger partial charge in [0.2, 0.25) is 5.78 Å². The molecule has 0 fully saturated rings. The minimum absolute atomic E-state index is 0.0914. The first-order chi connectivity index (χ1) is 13.4. The fourth-order valence-corrected chi connectivity index (χ4v) is 3.33. The van der Waals surface area contributed by atoms with Gasteiger partial charge in [0.15, 0.2) is 17.0 Å². The fourth-order valence-electron chi connectivity index (χ4n) is 3.23. The molecule has 1 aliphatic rings. The molecule has 0 aliphatic carbocycles. The Morgan fingerprint density at radius 1 is 1.21 bits per heavy atom. The van der Waals surface area contributed by atoms with E-state index in [1.165, 1.54) is 24.5 Å². The van der Waals surface area contributed by atoms with Crippen LogP contribution in [0.5, 0.6) is 0 Å². The van der Waals surface area contributed by atoms with Crippen molar-refractivity contribution in [1.82, 2.24) is 9.97 Å². The molecule has 154 valence electrons. The molecule has 10 heteroatoms. The first-order valence-electron chi connectivity index (χ1n) is 8.59. The van der Waals surface area contributed by atoms with Gasteiger partial charge >= 0.3 is 5.92 Å². The van der Waals surface area contributed by atoms with Crippen LogP contribution in [0.3, 0.4) is 0 Å².